The maximum atomic E-state index is 5.22. The van der Waals surface area contributed by atoms with Gasteiger partial charge >= 0.3 is 0 Å². The van der Waals surface area contributed by atoms with Gasteiger partial charge in [-0.05, 0) is 220 Å². The van der Waals surface area contributed by atoms with E-state index in [1.807, 2.05) is 0 Å². The summed E-state index contributed by atoms with van der Waals surface area (Å²) in [5, 5.41) is 10.4. The summed E-state index contributed by atoms with van der Waals surface area (Å²) in [5.74, 6) is 13.0. The maximum absolute atomic E-state index is 5.22. The predicted molar refractivity (Wildman–Crippen MR) is 241 cm³/mol. The molecule has 0 aromatic rings. The van der Waals surface area contributed by atoms with E-state index >= 15 is 0 Å². The first-order valence-corrected chi connectivity index (χ1v) is 25.8. The first kappa shape index (κ1) is 42.0. The van der Waals surface area contributed by atoms with Crippen molar-refractivity contribution < 1.29 is 0 Å². The Balaban J connectivity index is 0.860. The molecule has 0 aromatic carbocycles. The van der Waals surface area contributed by atoms with E-state index in [1.54, 1.807) is 0 Å². The molecule has 16 atom stereocenters. The van der Waals surface area contributed by atoms with Crippen molar-refractivity contribution in [2.24, 2.45) is 115 Å². The Morgan fingerprint density at radius 1 is 0.446 bits per heavy atom. The molecule has 0 heterocycles. The highest BCUT2D eigenvalue weighted by Gasteiger charge is 2.62. The van der Waals surface area contributed by atoms with Crippen molar-refractivity contribution in [2.45, 2.75) is 223 Å². The van der Waals surface area contributed by atoms with Gasteiger partial charge in [-0.1, -0.05) is 108 Å². The summed E-state index contributed by atoms with van der Waals surface area (Å²) in [6.45, 7) is 26.0. The second-order valence-electron chi connectivity index (χ2n) is 25.1. The number of rotatable bonds is 11. The molecule has 0 radical (unpaired) electrons. The molecular formula is C54H92N2. The first-order valence-electron chi connectivity index (χ1n) is 25.8. The van der Waals surface area contributed by atoms with Crippen LogP contribution < -0.4 is 0 Å². The number of hydrogen-bond donors (Lipinski definition) is 0. The van der Waals surface area contributed by atoms with E-state index < -0.39 is 0 Å². The molecule has 0 amide bonds. The zero-order chi connectivity index (χ0) is 39.6. The van der Waals surface area contributed by atoms with Gasteiger partial charge in [-0.25, -0.2) is 0 Å². The molecule has 8 aliphatic rings. The molecule has 0 bridgehead atoms. The molecule has 318 valence electrons. The Kier molecular flexibility index (Phi) is 12.3. The fraction of sp³-hybridized carbons (Fsp3) is 0.963. The Bertz CT molecular complexity index is 1320. The Morgan fingerprint density at radius 2 is 0.839 bits per heavy atom. The van der Waals surface area contributed by atoms with Crippen LogP contribution >= 0.6 is 0 Å². The zero-order valence-electron chi connectivity index (χ0n) is 38.9. The minimum atomic E-state index is 0.532. The average molecular weight is 769 g/mol. The second-order valence-corrected chi connectivity index (χ2v) is 25.1. The number of fused-ring (bicyclic) bond motifs is 10. The van der Waals surface area contributed by atoms with Crippen LogP contribution in [-0.4, -0.2) is 11.4 Å². The van der Waals surface area contributed by atoms with Crippen molar-refractivity contribution in [3.8, 4) is 0 Å². The molecule has 0 spiro atoms. The van der Waals surface area contributed by atoms with Crippen molar-refractivity contribution in [1.82, 2.24) is 0 Å². The summed E-state index contributed by atoms with van der Waals surface area (Å²) >= 11 is 0. The van der Waals surface area contributed by atoms with E-state index in [0.29, 0.717) is 21.7 Å². The van der Waals surface area contributed by atoms with Crippen LogP contribution in [0.2, 0.25) is 0 Å². The van der Waals surface area contributed by atoms with Crippen molar-refractivity contribution in [1.29, 1.82) is 0 Å². The number of hydrogen-bond acceptors (Lipinski definition) is 2. The van der Waals surface area contributed by atoms with E-state index in [4.69, 9.17) is 10.2 Å². The summed E-state index contributed by atoms with van der Waals surface area (Å²) in [4.78, 5) is 0. The van der Waals surface area contributed by atoms with Gasteiger partial charge in [-0.3, -0.25) is 0 Å². The molecule has 2 heteroatoms. The van der Waals surface area contributed by atoms with Gasteiger partial charge in [0.2, 0.25) is 0 Å². The van der Waals surface area contributed by atoms with Crippen molar-refractivity contribution in [3.05, 3.63) is 0 Å². The molecule has 0 aromatic heterocycles. The summed E-state index contributed by atoms with van der Waals surface area (Å²) in [5.41, 5.74) is 5.21. The van der Waals surface area contributed by atoms with Gasteiger partial charge in [0.1, 0.15) is 0 Å². The van der Waals surface area contributed by atoms with Crippen LogP contribution in [-0.2, 0) is 0 Å². The third-order valence-corrected chi connectivity index (χ3v) is 21.7. The Hall–Kier alpha value is -0.660. The lowest BCUT2D eigenvalue weighted by Crippen LogP contribution is -2.54. The molecule has 8 saturated carbocycles. The zero-order valence-corrected chi connectivity index (χ0v) is 38.9. The van der Waals surface area contributed by atoms with Crippen LogP contribution in [0, 0.1) is 105 Å². The quantitative estimate of drug-likeness (QED) is 0.187. The highest BCUT2D eigenvalue weighted by molar-refractivity contribution is 5.89. The van der Waals surface area contributed by atoms with Gasteiger partial charge < -0.3 is 0 Å². The fourth-order valence-corrected chi connectivity index (χ4v) is 18.5. The highest BCUT2D eigenvalue weighted by Crippen LogP contribution is 2.70. The Morgan fingerprint density at radius 3 is 1.23 bits per heavy atom. The van der Waals surface area contributed by atoms with Gasteiger partial charge in [0.05, 0.1) is 0 Å². The van der Waals surface area contributed by atoms with Crippen molar-refractivity contribution in [3.63, 3.8) is 0 Å². The van der Waals surface area contributed by atoms with E-state index in [9.17, 15) is 0 Å². The van der Waals surface area contributed by atoms with Crippen molar-refractivity contribution >= 4 is 11.4 Å². The standard InChI is InChI=1S/C54H92N2/c1-35(2)13-11-15-37(5)45-21-23-47-43-19-17-39-33-41(25-29-51(39,7)49(43)27-31-53(45,47)9)55-56-42-26-30-52(8)40(34-42)18-20-44-48-24-22-46(38(6)16-12-14-36(3)4)54(48,10)32-28-50(44)52/h35-40,43-50H,11-34H2,1-10H3. The smallest absolute Gasteiger partial charge is 0.0409 e. The molecule has 2 nitrogen and oxygen atoms in total. The van der Waals surface area contributed by atoms with Gasteiger partial charge in [-0.15, -0.1) is 0 Å². The lowest BCUT2D eigenvalue weighted by atomic mass is 9.44. The topological polar surface area (TPSA) is 24.7 Å². The summed E-state index contributed by atoms with van der Waals surface area (Å²) < 4.78 is 0. The lowest BCUT2D eigenvalue weighted by Gasteiger charge is -2.61. The molecule has 0 N–H and O–H groups in total. The molecule has 8 fully saturated rings. The molecule has 56 heavy (non-hydrogen) atoms. The molecule has 16 unspecified atom stereocenters. The first-order chi connectivity index (χ1) is 26.7. The minimum absolute atomic E-state index is 0.532. The van der Waals surface area contributed by atoms with Crippen LogP contribution in [0.5, 0.6) is 0 Å². The van der Waals surface area contributed by atoms with Crippen molar-refractivity contribution in [2.75, 3.05) is 0 Å². The van der Waals surface area contributed by atoms with Gasteiger partial charge in [0, 0.05) is 11.4 Å². The minimum Gasteiger partial charge on any atom is -0.160 e. The second kappa shape index (κ2) is 16.3. The normalized spacial score (nSPS) is 48.6. The van der Waals surface area contributed by atoms with E-state index in [0.717, 1.165) is 82.9 Å². The maximum Gasteiger partial charge on any atom is 0.0409 e. The van der Waals surface area contributed by atoms with Gasteiger partial charge in [0.25, 0.3) is 0 Å². The fourth-order valence-electron chi connectivity index (χ4n) is 18.5. The molecule has 8 aliphatic carbocycles. The van der Waals surface area contributed by atoms with Crippen LogP contribution in [0.1, 0.15) is 223 Å². The van der Waals surface area contributed by atoms with Gasteiger partial charge in [-0.2, -0.15) is 10.2 Å². The average Bonchev–Trinajstić information content (AvgIpc) is 3.70. The van der Waals surface area contributed by atoms with E-state index in [1.165, 1.54) is 166 Å². The van der Waals surface area contributed by atoms with E-state index in [2.05, 4.69) is 69.2 Å². The summed E-state index contributed by atoms with van der Waals surface area (Å²) in [7, 11) is 0. The largest absolute Gasteiger partial charge is 0.160 e. The predicted octanol–water partition coefficient (Wildman–Crippen LogP) is 16.0. The Labute approximate surface area is 348 Å². The molecule has 0 saturated heterocycles. The van der Waals surface area contributed by atoms with Gasteiger partial charge in [0.15, 0.2) is 0 Å². The van der Waals surface area contributed by atoms with Crippen LogP contribution in [0.4, 0.5) is 0 Å². The van der Waals surface area contributed by atoms with Crippen LogP contribution in [0.3, 0.4) is 0 Å². The molecular weight excluding hydrogens is 677 g/mol. The van der Waals surface area contributed by atoms with Crippen LogP contribution in [0.15, 0.2) is 10.2 Å². The molecule has 0 aliphatic heterocycles. The summed E-state index contributed by atoms with van der Waals surface area (Å²) in [6, 6.07) is 0. The van der Waals surface area contributed by atoms with Crippen LogP contribution in [0.25, 0.3) is 0 Å². The molecule has 8 rings (SSSR count). The monoisotopic (exact) mass is 769 g/mol. The van der Waals surface area contributed by atoms with E-state index in [-0.39, 0.29) is 0 Å². The highest BCUT2D eigenvalue weighted by atomic mass is 15.2. The SMILES string of the molecule is CC(C)CCCC(C)C1CCC2C3CCC4CC(=NN=C5CCC6(C)C(CCC7C6CCC6(C)C(C(C)CCCC(C)C)CCC76)C5)CCC4(C)C3CCC12C. The third-order valence-electron chi connectivity index (χ3n) is 21.7. The number of nitrogens with zero attached hydrogens (tertiary/aromatic N) is 2. The lowest BCUT2D eigenvalue weighted by molar-refractivity contribution is -0.105. The summed E-state index contributed by atoms with van der Waals surface area (Å²) in [6.07, 6.45) is 34.4. The third kappa shape index (κ3) is 7.42.